The summed E-state index contributed by atoms with van der Waals surface area (Å²) in [6.45, 7) is 0. The Morgan fingerprint density at radius 3 is 2.72 bits per heavy atom. The Balaban J connectivity index is 1.71. The highest BCUT2D eigenvalue weighted by Gasteiger charge is 2.26. The van der Waals surface area contributed by atoms with Gasteiger partial charge < -0.3 is 5.32 Å². The van der Waals surface area contributed by atoms with E-state index < -0.39 is 0 Å². The number of aromatic amines is 1. The average Bonchev–Trinajstić information content (AvgIpc) is 3.10. The molecule has 1 aromatic carbocycles. The SMILES string of the molecule is O=C(Nc1ccc(Br)cc1)c1cc(C2CC2)[nH]n1. The quantitative estimate of drug-likeness (QED) is 0.914. The molecular formula is C13H12BrN3O. The van der Waals surface area contributed by atoms with E-state index in [1.54, 1.807) is 0 Å². The molecule has 0 radical (unpaired) electrons. The van der Waals surface area contributed by atoms with Crippen LogP contribution < -0.4 is 5.32 Å². The number of anilines is 1. The van der Waals surface area contributed by atoms with Gasteiger partial charge in [0.25, 0.3) is 5.91 Å². The molecule has 3 rings (SSSR count). The summed E-state index contributed by atoms with van der Waals surface area (Å²) < 4.78 is 0.983. The summed E-state index contributed by atoms with van der Waals surface area (Å²) in [7, 11) is 0. The first-order chi connectivity index (χ1) is 8.72. The molecule has 0 aliphatic heterocycles. The zero-order valence-corrected chi connectivity index (χ0v) is 11.2. The molecular weight excluding hydrogens is 294 g/mol. The lowest BCUT2D eigenvalue weighted by Gasteiger charge is -2.02. The van der Waals surface area contributed by atoms with E-state index in [1.165, 1.54) is 12.8 Å². The molecule has 1 aromatic heterocycles. The molecule has 0 saturated heterocycles. The highest BCUT2D eigenvalue weighted by atomic mass is 79.9. The topological polar surface area (TPSA) is 57.8 Å². The molecule has 4 nitrogen and oxygen atoms in total. The number of nitrogens with one attached hydrogen (secondary N) is 2. The average molecular weight is 306 g/mol. The molecule has 18 heavy (non-hydrogen) atoms. The van der Waals surface area contributed by atoms with E-state index >= 15 is 0 Å². The molecule has 1 fully saturated rings. The Bertz CT molecular complexity index is 572. The van der Waals surface area contributed by atoms with E-state index in [1.807, 2.05) is 30.3 Å². The van der Waals surface area contributed by atoms with Crippen molar-refractivity contribution in [2.45, 2.75) is 18.8 Å². The number of aromatic nitrogens is 2. The van der Waals surface area contributed by atoms with Crippen LogP contribution in [0.1, 0.15) is 34.9 Å². The second kappa shape index (κ2) is 4.57. The lowest BCUT2D eigenvalue weighted by molar-refractivity contribution is 0.102. The van der Waals surface area contributed by atoms with Gasteiger partial charge in [0.1, 0.15) is 0 Å². The zero-order chi connectivity index (χ0) is 12.5. The van der Waals surface area contributed by atoms with Crippen LogP contribution in [0.5, 0.6) is 0 Å². The monoisotopic (exact) mass is 305 g/mol. The molecule has 1 saturated carbocycles. The third kappa shape index (κ3) is 2.46. The number of H-pyrrole nitrogens is 1. The molecule has 2 aromatic rings. The number of nitrogens with zero attached hydrogens (tertiary/aromatic N) is 1. The lowest BCUT2D eigenvalue weighted by Crippen LogP contribution is -2.12. The van der Waals surface area contributed by atoms with Crippen molar-refractivity contribution in [3.63, 3.8) is 0 Å². The van der Waals surface area contributed by atoms with Crippen LogP contribution in [0.15, 0.2) is 34.8 Å². The minimum Gasteiger partial charge on any atom is -0.321 e. The number of benzene rings is 1. The predicted octanol–water partition coefficient (Wildman–Crippen LogP) is 3.30. The smallest absolute Gasteiger partial charge is 0.276 e. The van der Waals surface area contributed by atoms with Crippen molar-refractivity contribution in [1.82, 2.24) is 10.2 Å². The summed E-state index contributed by atoms with van der Waals surface area (Å²) in [5.74, 6) is 0.396. The molecule has 0 bridgehead atoms. The van der Waals surface area contributed by atoms with E-state index in [0.717, 1.165) is 15.9 Å². The number of hydrogen-bond donors (Lipinski definition) is 2. The summed E-state index contributed by atoms with van der Waals surface area (Å²) in [5, 5.41) is 9.79. The number of hydrogen-bond acceptors (Lipinski definition) is 2. The van der Waals surface area contributed by atoms with Crippen LogP contribution in [-0.2, 0) is 0 Å². The molecule has 1 heterocycles. The highest BCUT2D eigenvalue weighted by Crippen LogP contribution is 2.39. The van der Waals surface area contributed by atoms with Gasteiger partial charge in [-0.05, 0) is 43.2 Å². The minimum atomic E-state index is -0.180. The molecule has 0 atom stereocenters. The number of amides is 1. The van der Waals surface area contributed by atoms with E-state index in [0.29, 0.717) is 11.6 Å². The lowest BCUT2D eigenvalue weighted by atomic mass is 10.2. The Kier molecular flexibility index (Phi) is 2.91. The first kappa shape index (κ1) is 11.5. The van der Waals surface area contributed by atoms with Gasteiger partial charge in [-0.3, -0.25) is 9.89 Å². The standard InChI is InChI=1S/C13H12BrN3O/c14-9-3-5-10(6-4-9)15-13(18)12-7-11(16-17-12)8-1-2-8/h3-8H,1-2H2,(H,15,18)(H,16,17). The molecule has 0 spiro atoms. The first-order valence-electron chi connectivity index (χ1n) is 5.84. The van der Waals surface area contributed by atoms with Crippen LogP contribution in [0.3, 0.4) is 0 Å². The zero-order valence-electron chi connectivity index (χ0n) is 9.61. The van der Waals surface area contributed by atoms with Gasteiger partial charge in [0.2, 0.25) is 0 Å². The summed E-state index contributed by atoms with van der Waals surface area (Å²) >= 11 is 3.35. The van der Waals surface area contributed by atoms with Gasteiger partial charge in [-0.2, -0.15) is 5.10 Å². The maximum absolute atomic E-state index is 12.0. The second-order valence-corrected chi connectivity index (χ2v) is 5.36. The van der Waals surface area contributed by atoms with Gasteiger partial charge in [-0.25, -0.2) is 0 Å². The number of carbonyl (C=O) groups is 1. The summed E-state index contributed by atoms with van der Waals surface area (Å²) in [5.41, 5.74) is 2.27. The summed E-state index contributed by atoms with van der Waals surface area (Å²) in [4.78, 5) is 12.0. The Morgan fingerprint density at radius 2 is 2.06 bits per heavy atom. The van der Waals surface area contributed by atoms with Crippen LogP contribution >= 0.6 is 15.9 Å². The van der Waals surface area contributed by atoms with Crippen molar-refractivity contribution in [1.29, 1.82) is 0 Å². The Morgan fingerprint density at radius 1 is 1.33 bits per heavy atom. The van der Waals surface area contributed by atoms with Gasteiger partial charge >= 0.3 is 0 Å². The summed E-state index contributed by atoms with van der Waals surface area (Å²) in [6.07, 6.45) is 2.38. The van der Waals surface area contributed by atoms with E-state index in [2.05, 4.69) is 31.4 Å². The molecule has 2 N–H and O–H groups in total. The van der Waals surface area contributed by atoms with Gasteiger partial charge in [0.15, 0.2) is 5.69 Å². The maximum atomic E-state index is 12.0. The fraction of sp³-hybridized carbons (Fsp3) is 0.231. The number of rotatable bonds is 3. The van der Waals surface area contributed by atoms with Gasteiger partial charge in [0.05, 0.1) is 0 Å². The fourth-order valence-corrected chi connectivity index (χ4v) is 2.05. The molecule has 1 amide bonds. The normalized spacial score (nSPS) is 14.5. The van der Waals surface area contributed by atoms with Gasteiger partial charge in [0, 0.05) is 21.8 Å². The van der Waals surface area contributed by atoms with Gasteiger partial charge in [-0.1, -0.05) is 15.9 Å². The highest BCUT2D eigenvalue weighted by molar-refractivity contribution is 9.10. The van der Waals surface area contributed by atoms with Crippen LogP contribution in [0.25, 0.3) is 0 Å². The largest absolute Gasteiger partial charge is 0.321 e. The van der Waals surface area contributed by atoms with E-state index in [4.69, 9.17) is 0 Å². The Hall–Kier alpha value is -1.62. The van der Waals surface area contributed by atoms with Crippen molar-refractivity contribution in [2.75, 3.05) is 5.32 Å². The molecule has 92 valence electrons. The molecule has 5 heteroatoms. The fourth-order valence-electron chi connectivity index (χ4n) is 1.78. The Labute approximate surface area is 113 Å². The second-order valence-electron chi connectivity index (χ2n) is 4.44. The van der Waals surface area contributed by atoms with Crippen LogP contribution in [0.4, 0.5) is 5.69 Å². The molecule has 1 aliphatic carbocycles. The van der Waals surface area contributed by atoms with Crippen molar-refractivity contribution in [3.05, 3.63) is 46.2 Å². The third-order valence-corrected chi connectivity index (χ3v) is 3.48. The number of halogens is 1. The number of carbonyl (C=O) groups excluding carboxylic acids is 1. The van der Waals surface area contributed by atoms with E-state index in [-0.39, 0.29) is 5.91 Å². The minimum absolute atomic E-state index is 0.180. The third-order valence-electron chi connectivity index (χ3n) is 2.95. The molecule has 1 aliphatic rings. The van der Waals surface area contributed by atoms with Crippen molar-refractivity contribution in [3.8, 4) is 0 Å². The van der Waals surface area contributed by atoms with Crippen LogP contribution in [0, 0.1) is 0 Å². The van der Waals surface area contributed by atoms with Crippen LogP contribution in [-0.4, -0.2) is 16.1 Å². The predicted molar refractivity (Wildman–Crippen MR) is 72.7 cm³/mol. The van der Waals surface area contributed by atoms with Crippen molar-refractivity contribution >= 4 is 27.5 Å². The summed E-state index contributed by atoms with van der Waals surface area (Å²) in [6, 6.07) is 9.30. The van der Waals surface area contributed by atoms with Crippen LogP contribution in [0.2, 0.25) is 0 Å². The van der Waals surface area contributed by atoms with E-state index in [9.17, 15) is 4.79 Å². The first-order valence-corrected chi connectivity index (χ1v) is 6.64. The van der Waals surface area contributed by atoms with Crippen molar-refractivity contribution < 1.29 is 4.79 Å². The van der Waals surface area contributed by atoms with Crippen molar-refractivity contribution in [2.24, 2.45) is 0 Å². The maximum Gasteiger partial charge on any atom is 0.276 e. The van der Waals surface area contributed by atoms with Gasteiger partial charge in [-0.15, -0.1) is 0 Å². The molecule has 0 unspecified atom stereocenters.